The summed E-state index contributed by atoms with van der Waals surface area (Å²) in [6.07, 6.45) is -4.07. The molecular formula is C24H23Cl2F3O4. The van der Waals surface area contributed by atoms with Crippen LogP contribution in [0.4, 0.5) is 13.2 Å². The number of aryl methyl sites for hydroxylation is 1. The smallest absolute Gasteiger partial charge is 0.416 e. The van der Waals surface area contributed by atoms with Gasteiger partial charge in [0, 0.05) is 0 Å². The predicted molar refractivity (Wildman–Crippen MR) is 121 cm³/mol. The number of ketones is 1. The first kappa shape index (κ1) is 25.4. The van der Waals surface area contributed by atoms with Gasteiger partial charge in [-0.25, -0.2) is 0 Å². The molecule has 0 atom stereocenters. The van der Waals surface area contributed by atoms with Gasteiger partial charge in [0.05, 0.1) is 21.2 Å². The third-order valence-corrected chi connectivity index (χ3v) is 5.93. The minimum atomic E-state index is -4.62. The number of hydrogen-bond donors (Lipinski definition) is 1. The molecule has 0 aromatic heterocycles. The van der Waals surface area contributed by atoms with E-state index in [2.05, 4.69) is 0 Å². The summed E-state index contributed by atoms with van der Waals surface area (Å²) < 4.78 is 50.6. The molecule has 4 nitrogen and oxygen atoms in total. The van der Waals surface area contributed by atoms with E-state index >= 15 is 0 Å². The second kappa shape index (κ2) is 8.53. The molecule has 33 heavy (non-hydrogen) atoms. The van der Waals surface area contributed by atoms with Crippen LogP contribution in [-0.2, 0) is 22.1 Å². The van der Waals surface area contributed by atoms with Crippen LogP contribution < -0.4 is 4.74 Å². The highest BCUT2D eigenvalue weighted by atomic mass is 35.5. The molecule has 178 valence electrons. The van der Waals surface area contributed by atoms with Crippen LogP contribution in [0.1, 0.15) is 51.3 Å². The number of halogens is 5. The van der Waals surface area contributed by atoms with Gasteiger partial charge in [-0.3, -0.25) is 4.79 Å². The summed E-state index contributed by atoms with van der Waals surface area (Å²) in [6, 6.07) is 6.28. The Balaban J connectivity index is 2.13. The first-order valence-electron chi connectivity index (χ1n) is 10.1. The van der Waals surface area contributed by atoms with Gasteiger partial charge in [0.2, 0.25) is 0 Å². The highest BCUT2D eigenvalue weighted by molar-refractivity contribution is 6.37. The number of alkyl halides is 3. The van der Waals surface area contributed by atoms with Crippen molar-refractivity contribution < 1.29 is 32.5 Å². The molecule has 0 radical (unpaired) electrons. The van der Waals surface area contributed by atoms with E-state index in [0.717, 1.165) is 17.7 Å². The summed E-state index contributed by atoms with van der Waals surface area (Å²) in [6.45, 7) is 8.45. The zero-order valence-electron chi connectivity index (χ0n) is 18.7. The monoisotopic (exact) mass is 502 g/mol. The zero-order chi connectivity index (χ0) is 24.9. The summed E-state index contributed by atoms with van der Waals surface area (Å²) in [5.41, 5.74) is -2.01. The third-order valence-electron chi connectivity index (χ3n) is 5.37. The molecule has 1 aliphatic heterocycles. The van der Waals surface area contributed by atoms with Gasteiger partial charge in [0.25, 0.3) is 0 Å². The zero-order valence-corrected chi connectivity index (χ0v) is 20.2. The Hall–Kier alpha value is -2.22. The molecule has 2 aromatic rings. The summed E-state index contributed by atoms with van der Waals surface area (Å²) in [4.78, 5) is 13.2. The standard InChI is InChI=1S/C24H23Cl2F3O4/c1-6-12-7-8-14(32-19-16(25)9-13(10-17(19)26)24(27,28)29)11-15(12)18-20(30)22(2,3)33-23(4,5)21(18)31/h7-11,30H,6H2,1-5H3. The maximum absolute atomic E-state index is 13.2. The number of ether oxygens (including phenoxy) is 2. The number of hydrogen-bond acceptors (Lipinski definition) is 4. The van der Waals surface area contributed by atoms with Crippen molar-refractivity contribution in [2.45, 2.75) is 58.4 Å². The predicted octanol–water partition coefficient (Wildman–Crippen LogP) is 7.79. The first-order valence-corrected chi connectivity index (χ1v) is 10.9. The van der Waals surface area contributed by atoms with Crippen molar-refractivity contribution in [2.24, 2.45) is 0 Å². The average molecular weight is 503 g/mol. The van der Waals surface area contributed by atoms with Gasteiger partial charge in [0.1, 0.15) is 22.7 Å². The van der Waals surface area contributed by atoms with Crippen molar-refractivity contribution in [1.29, 1.82) is 0 Å². The Kier molecular flexibility index (Phi) is 6.57. The molecule has 0 bridgehead atoms. The second-order valence-electron chi connectivity index (χ2n) is 8.72. The number of benzene rings is 2. The fraction of sp³-hybridized carbons (Fsp3) is 0.375. The molecule has 0 saturated carbocycles. The van der Waals surface area contributed by atoms with Crippen molar-refractivity contribution in [1.82, 2.24) is 0 Å². The quantitative estimate of drug-likeness (QED) is 0.463. The molecule has 2 aromatic carbocycles. The van der Waals surface area contributed by atoms with E-state index < -0.39 is 28.7 Å². The van der Waals surface area contributed by atoms with Gasteiger partial charge in [-0.1, -0.05) is 36.2 Å². The van der Waals surface area contributed by atoms with Crippen LogP contribution in [0, 0.1) is 0 Å². The van der Waals surface area contributed by atoms with Crippen LogP contribution in [-0.4, -0.2) is 22.1 Å². The van der Waals surface area contributed by atoms with Crippen LogP contribution in [0.5, 0.6) is 11.5 Å². The molecule has 1 aliphatic rings. The normalized spacial score (nSPS) is 17.9. The van der Waals surface area contributed by atoms with Gasteiger partial charge in [-0.2, -0.15) is 13.2 Å². The number of carbonyl (C=O) groups is 1. The Labute approximate surface area is 199 Å². The molecule has 0 unspecified atom stereocenters. The molecule has 1 heterocycles. The molecular weight excluding hydrogens is 480 g/mol. The molecule has 9 heteroatoms. The van der Waals surface area contributed by atoms with Crippen molar-refractivity contribution in [3.63, 3.8) is 0 Å². The molecule has 3 rings (SSSR count). The Morgan fingerprint density at radius 1 is 1.03 bits per heavy atom. The third kappa shape index (κ3) is 4.86. The molecule has 0 fully saturated rings. The van der Waals surface area contributed by atoms with E-state index in [1.165, 1.54) is 6.07 Å². The molecule has 1 N–H and O–H groups in total. The molecule has 0 saturated heterocycles. The van der Waals surface area contributed by atoms with Crippen LogP contribution in [0.15, 0.2) is 36.1 Å². The fourth-order valence-corrected chi connectivity index (χ4v) is 4.36. The van der Waals surface area contributed by atoms with Gasteiger partial charge in [-0.05, 0) is 69.5 Å². The second-order valence-corrected chi connectivity index (χ2v) is 9.53. The van der Waals surface area contributed by atoms with Gasteiger partial charge >= 0.3 is 6.18 Å². The summed E-state index contributed by atoms with van der Waals surface area (Å²) >= 11 is 12.1. The minimum absolute atomic E-state index is 0.100. The molecule has 0 amide bonds. The topological polar surface area (TPSA) is 55.8 Å². The van der Waals surface area contributed by atoms with Crippen LogP contribution in [0.25, 0.3) is 5.57 Å². The lowest BCUT2D eigenvalue weighted by molar-refractivity contribution is -0.158. The maximum atomic E-state index is 13.2. The summed E-state index contributed by atoms with van der Waals surface area (Å²) in [5, 5.41) is 10.3. The number of carbonyl (C=O) groups excluding carboxylic acids is 1. The van der Waals surface area contributed by atoms with E-state index in [4.69, 9.17) is 32.7 Å². The molecule has 0 spiro atoms. The lowest BCUT2D eigenvalue weighted by Gasteiger charge is -2.40. The SMILES string of the molecule is CCc1ccc(Oc2c(Cl)cc(C(F)(F)F)cc2Cl)cc1C1=C(O)C(C)(C)OC(C)(C)C1=O. The Morgan fingerprint density at radius 3 is 2.12 bits per heavy atom. The average Bonchev–Trinajstić information content (AvgIpc) is 2.68. The van der Waals surface area contributed by atoms with E-state index in [-0.39, 0.29) is 32.9 Å². The number of aliphatic hydroxyl groups excluding tert-OH is 1. The number of Topliss-reactive ketones (excluding diaryl/α,β-unsaturated/α-hetero) is 1. The Bertz CT molecular complexity index is 1130. The van der Waals surface area contributed by atoms with Gasteiger partial charge < -0.3 is 14.6 Å². The summed E-state index contributed by atoms with van der Waals surface area (Å²) in [5.74, 6) is -0.597. The van der Waals surface area contributed by atoms with Crippen LogP contribution >= 0.6 is 23.2 Å². The fourth-order valence-electron chi connectivity index (χ4n) is 3.79. The van der Waals surface area contributed by atoms with E-state index in [1.54, 1.807) is 39.8 Å². The van der Waals surface area contributed by atoms with Crippen LogP contribution in [0.2, 0.25) is 10.0 Å². The van der Waals surface area contributed by atoms with Gasteiger partial charge in [-0.15, -0.1) is 0 Å². The highest BCUT2D eigenvalue weighted by Gasteiger charge is 2.47. The highest BCUT2D eigenvalue weighted by Crippen LogP contribution is 2.44. The maximum Gasteiger partial charge on any atom is 0.416 e. The lowest BCUT2D eigenvalue weighted by atomic mass is 9.81. The first-order chi connectivity index (χ1) is 15.1. The largest absolute Gasteiger partial charge is 0.508 e. The number of rotatable bonds is 4. The van der Waals surface area contributed by atoms with Crippen molar-refractivity contribution in [3.8, 4) is 11.5 Å². The lowest BCUT2D eigenvalue weighted by Crippen LogP contribution is -2.49. The molecule has 0 aliphatic carbocycles. The van der Waals surface area contributed by atoms with E-state index in [1.807, 2.05) is 6.92 Å². The summed E-state index contributed by atoms with van der Waals surface area (Å²) in [7, 11) is 0. The van der Waals surface area contributed by atoms with E-state index in [0.29, 0.717) is 12.0 Å². The van der Waals surface area contributed by atoms with Crippen molar-refractivity contribution in [2.75, 3.05) is 0 Å². The number of aliphatic hydroxyl groups is 1. The minimum Gasteiger partial charge on any atom is -0.508 e. The van der Waals surface area contributed by atoms with Crippen molar-refractivity contribution in [3.05, 3.63) is 62.8 Å². The Morgan fingerprint density at radius 2 is 1.61 bits per heavy atom. The van der Waals surface area contributed by atoms with E-state index in [9.17, 15) is 23.1 Å². The van der Waals surface area contributed by atoms with Crippen molar-refractivity contribution >= 4 is 34.6 Å². The van der Waals surface area contributed by atoms with Crippen LogP contribution in [0.3, 0.4) is 0 Å². The van der Waals surface area contributed by atoms with Gasteiger partial charge in [0.15, 0.2) is 11.5 Å².